The molecule has 2 N–H and O–H groups in total. The number of anilines is 1. The van der Waals surface area contributed by atoms with Gasteiger partial charge in [-0.3, -0.25) is 0 Å². The van der Waals surface area contributed by atoms with Gasteiger partial charge in [-0.1, -0.05) is 24.6 Å². The van der Waals surface area contributed by atoms with Gasteiger partial charge in [0.05, 0.1) is 13.2 Å². The smallest absolute Gasteiger partial charge is 0.255 e. The largest absolute Gasteiger partial charge is 0.395 e. The van der Waals surface area contributed by atoms with Crippen LogP contribution in [0.15, 0.2) is 18.2 Å². The molecule has 1 rings (SSSR count). The molecule has 3 nitrogen and oxygen atoms in total. The second-order valence-electron chi connectivity index (χ2n) is 4.08. The van der Waals surface area contributed by atoms with Crippen LogP contribution in [0.2, 0.25) is 5.02 Å². The molecule has 0 fully saturated rings. The Hall–Kier alpha value is -0.910. The highest BCUT2D eigenvalue weighted by Gasteiger charge is 2.17. The molecule has 0 saturated heterocycles. The molecule has 0 aliphatic heterocycles. The van der Waals surface area contributed by atoms with Crippen LogP contribution >= 0.6 is 11.6 Å². The zero-order valence-corrected chi connectivity index (χ0v) is 11.6. The second-order valence-corrected chi connectivity index (χ2v) is 4.49. The highest BCUT2D eigenvalue weighted by atomic mass is 35.5. The Kier molecular flexibility index (Phi) is 7.05. The Morgan fingerprint density at radius 1 is 1.42 bits per heavy atom. The van der Waals surface area contributed by atoms with Crippen LogP contribution in [-0.2, 0) is 6.54 Å². The van der Waals surface area contributed by atoms with Crippen molar-refractivity contribution in [2.45, 2.75) is 19.9 Å². The summed E-state index contributed by atoms with van der Waals surface area (Å²) in [5.41, 5.74) is 1.42. The minimum Gasteiger partial charge on any atom is -0.395 e. The molecule has 1 aromatic rings. The van der Waals surface area contributed by atoms with E-state index in [1.807, 2.05) is 6.92 Å². The number of aliphatic hydroxyl groups excluding tert-OH is 1. The molecule has 19 heavy (non-hydrogen) atoms. The van der Waals surface area contributed by atoms with Crippen molar-refractivity contribution in [1.82, 2.24) is 5.32 Å². The first-order valence-corrected chi connectivity index (χ1v) is 6.60. The topological polar surface area (TPSA) is 35.5 Å². The van der Waals surface area contributed by atoms with Crippen LogP contribution in [0.1, 0.15) is 12.5 Å². The number of rotatable bonds is 8. The quantitative estimate of drug-likeness (QED) is 0.773. The second kappa shape index (κ2) is 8.30. The van der Waals surface area contributed by atoms with E-state index < -0.39 is 13.0 Å². The lowest BCUT2D eigenvalue weighted by Crippen LogP contribution is -2.33. The van der Waals surface area contributed by atoms with Crippen molar-refractivity contribution in [2.24, 2.45) is 0 Å². The fraction of sp³-hybridized carbons (Fsp3) is 0.538. The summed E-state index contributed by atoms with van der Waals surface area (Å²) in [6.07, 6.45) is -2.46. The predicted octanol–water partition coefficient (Wildman–Crippen LogP) is 2.51. The molecule has 1 aromatic carbocycles. The lowest BCUT2D eigenvalue weighted by Gasteiger charge is -2.26. The maximum atomic E-state index is 12.6. The summed E-state index contributed by atoms with van der Waals surface area (Å²) in [6, 6.07) is 5.21. The Bertz CT molecular complexity index is 391. The van der Waals surface area contributed by atoms with Gasteiger partial charge in [0.25, 0.3) is 6.43 Å². The van der Waals surface area contributed by atoms with E-state index in [1.54, 1.807) is 18.2 Å². The Morgan fingerprint density at radius 2 is 2.16 bits per heavy atom. The molecule has 0 unspecified atom stereocenters. The lowest BCUT2D eigenvalue weighted by molar-refractivity contribution is 0.152. The maximum absolute atomic E-state index is 12.6. The molecule has 0 amide bonds. The van der Waals surface area contributed by atoms with Crippen molar-refractivity contribution in [3.63, 3.8) is 0 Å². The third-order valence-corrected chi connectivity index (χ3v) is 3.07. The van der Waals surface area contributed by atoms with Crippen molar-refractivity contribution >= 4 is 17.3 Å². The van der Waals surface area contributed by atoms with Gasteiger partial charge in [-0.15, -0.1) is 0 Å². The van der Waals surface area contributed by atoms with E-state index in [2.05, 4.69) is 5.32 Å². The highest BCUT2D eigenvalue weighted by Crippen LogP contribution is 2.28. The monoisotopic (exact) mass is 292 g/mol. The molecule has 108 valence electrons. The van der Waals surface area contributed by atoms with Crippen LogP contribution in [0.5, 0.6) is 0 Å². The van der Waals surface area contributed by atoms with Crippen LogP contribution in [0.3, 0.4) is 0 Å². The standard InChI is InChI=1S/C13H19ClF2N2O/c1-2-17-8-10-11(14)4-3-5-12(10)18(6-7-19)9-13(15)16/h3-5,13,17,19H,2,6-9H2,1H3. The van der Waals surface area contributed by atoms with E-state index in [-0.39, 0.29) is 13.2 Å². The third kappa shape index (κ3) is 4.93. The third-order valence-electron chi connectivity index (χ3n) is 2.71. The van der Waals surface area contributed by atoms with Gasteiger partial charge >= 0.3 is 0 Å². The first-order valence-electron chi connectivity index (χ1n) is 6.22. The summed E-state index contributed by atoms with van der Waals surface area (Å²) < 4.78 is 25.2. The zero-order valence-electron chi connectivity index (χ0n) is 10.9. The number of hydrogen-bond donors (Lipinski definition) is 2. The molecule has 6 heteroatoms. The van der Waals surface area contributed by atoms with Gasteiger partial charge in [0.15, 0.2) is 0 Å². The number of aliphatic hydroxyl groups is 1. The summed E-state index contributed by atoms with van der Waals surface area (Å²) in [6.45, 7) is 2.79. The van der Waals surface area contributed by atoms with Gasteiger partial charge < -0.3 is 15.3 Å². The molecular formula is C13H19ClF2N2O. The SMILES string of the molecule is CCNCc1c(Cl)cccc1N(CCO)CC(F)F. The van der Waals surface area contributed by atoms with Crippen LogP contribution < -0.4 is 10.2 Å². The van der Waals surface area contributed by atoms with E-state index in [4.69, 9.17) is 16.7 Å². The van der Waals surface area contributed by atoms with Crippen LogP contribution in [0.25, 0.3) is 0 Å². The van der Waals surface area contributed by atoms with Crippen LogP contribution in [0.4, 0.5) is 14.5 Å². The number of benzene rings is 1. The molecule has 0 bridgehead atoms. The summed E-state index contributed by atoms with van der Waals surface area (Å²) in [4.78, 5) is 1.46. The maximum Gasteiger partial charge on any atom is 0.255 e. The Labute approximate surface area is 117 Å². The average Bonchev–Trinajstić information content (AvgIpc) is 2.36. The van der Waals surface area contributed by atoms with E-state index in [0.717, 1.165) is 12.1 Å². The van der Waals surface area contributed by atoms with Gasteiger partial charge in [0, 0.05) is 29.4 Å². The lowest BCUT2D eigenvalue weighted by atomic mass is 10.1. The van der Waals surface area contributed by atoms with Crippen molar-refractivity contribution in [3.8, 4) is 0 Å². The fourth-order valence-corrected chi connectivity index (χ4v) is 2.10. The van der Waals surface area contributed by atoms with E-state index >= 15 is 0 Å². The number of halogens is 3. The number of nitrogens with one attached hydrogen (secondary N) is 1. The molecule has 0 radical (unpaired) electrons. The minimum absolute atomic E-state index is 0.157. The van der Waals surface area contributed by atoms with Gasteiger partial charge in [-0.2, -0.15) is 0 Å². The molecule has 0 aliphatic rings. The van der Waals surface area contributed by atoms with Crippen LogP contribution in [-0.4, -0.2) is 37.8 Å². The van der Waals surface area contributed by atoms with Gasteiger partial charge in [0.1, 0.15) is 0 Å². The molecule has 0 saturated carbocycles. The molecule has 0 spiro atoms. The predicted molar refractivity (Wildman–Crippen MR) is 74.1 cm³/mol. The average molecular weight is 293 g/mol. The molecule has 0 atom stereocenters. The van der Waals surface area contributed by atoms with Crippen molar-refractivity contribution in [2.75, 3.05) is 31.1 Å². The number of nitrogens with zero attached hydrogens (tertiary/aromatic N) is 1. The number of alkyl halides is 2. The zero-order chi connectivity index (χ0) is 14.3. The molecular weight excluding hydrogens is 274 g/mol. The van der Waals surface area contributed by atoms with Crippen molar-refractivity contribution in [1.29, 1.82) is 0 Å². The fourth-order valence-electron chi connectivity index (χ4n) is 1.87. The van der Waals surface area contributed by atoms with Crippen molar-refractivity contribution in [3.05, 3.63) is 28.8 Å². The first-order chi connectivity index (χ1) is 9.10. The molecule has 0 heterocycles. The summed E-state index contributed by atoms with van der Waals surface area (Å²) in [5.74, 6) is 0. The molecule has 0 aromatic heterocycles. The van der Waals surface area contributed by atoms with Gasteiger partial charge in [0.2, 0.25) is 0 Å². The van der Waals surface area contributed by atoms with Crippen molar-refractivity contribution < 1.29 is 13.9 Å². The Morgan fingerprint density at radius 3 is 2.74 bits per heavy atom. The van der Waals surface area contributed by atoms with Gasteiger partial charge in [-0.25, -0.2) is 8.78 Å². The van der Waals surface area contributed by atoms with Crippen LogP contribution in [0, 0.1) is 0 Å². The van der Waals surface area contributed by atoms with E-state index in [1.165, 1.54) is 4.90 Å². The minimum atomic E-state index is -2.46. The summed E-state index contributed by atoms with van der Waals surface area (Å²) >= 11 is 6.13. The summed E-state index contributed by atoms with van der Waals surface area (Å²) in [7, 11) is 0. The first kappa shape index (κ1) is 16.1. The molecule has 0 aliphatic carbocycles. The van der Waals surface area contributed by atoms with Gasteiger partial charge in [-0.05, 0) is 18.7 Å². The number of hydrogen-bond acceptors (Lipinski definition) is 3. The summed E-state index contributed by atoms with van der Waals surface area (Å²) in [5, 5.41) is 12.7. The normalized spacial score (nSPS) is 11.1. The van der Waals surface area contributed by atoms with E-state index in [0.29, 0.717) is 17.3 Å². The highest BCUT2D eigenvalue weighted by molar-refractivity contribution is 6.31. The Balaban J connectivity index is 3.02. The van der Waals surface area contributed by atoms with E-state index in [9.17, 15) is 8.78 Å².